The maximum atomic E-state index is 9.32. The van der Waals surface area contributed by atoms with Gasteiger partial charge in [0.15, 0.2) is 0 Å². The van der Waals surface area contributed by atoms with Crippen LogP contribution in [0.1, 0.15) is 20.3 Å². The molecule has 0 aromatic carbocycles. The molecule has 0 amide bonds. The van der Waals surface area contributed by atoms with Crippen LogP contribution in [-0.4, -0.2) is 22.9 Å². The highest BCUT2D eigenvalue weighted by molar-refractivity contribution is 4.98. The minimum Gasteiger partial charge on any atom is -0.396 e. The lowest BCUT2D eigenvalue weighted by molar-refractivity contribution is 0.128. The fourth-order valence-electron chi connectivity index (χ4n) is 0.847. The van der Waals surface area contributed by atoms with E-state index < -0.39 is 6.10 Å². The summed E-state index contributed by atoms with van der Waals surface area (Å²) < 4.78 is 0. The predicted octanol–water partition coefficient (Wildman–Crippen LogP) is 0.942. The van der Waals surface area contributed by atoms with Crippen molar-refractivity contribution in [3.63, 3.8) is 0 Å². The van der Waals surface area contributed by atoms with Crippen molar-refractivity contribution in [1.29, 1.82) is 0 Å². The molecule has 60 valence electrons. The Balaban J connectivity index is 3.69. The molecule has 0 aliphatic rings. The quantitative estimate of drug-likeness (QED) is 0.576. The average Bonchev–Trinajstić information content (AvgIpc) is 1.87. The van der Waals surface area contributed by atoms with Crippen LogP contribution in [0.2, 0.25) is 0 Å². The molecule has 0 saturated heterocycles. The monoisotopic (exact) mass is 144 g/mol. The van der Waals surface area contributed by atoms with Crippen molar-refractivity contribution >= 4 is 0 Å². The molecule has 2 atom stereocenters. The first-order valence-electron chi connectivity index (χ1n) is 3.54. The summed E-state index contributed by atoms with van der Waals surface area (Å²) in [6.45, 7) is 7.45. The highest BCUT2D eigenvalue weighted by Gasteiger charge is 2.13. The molecule has 2 unspecified atom stereocenters. The third-order valence-corrected chi connectivity index (χ3v) is 1.63. The number of aliphatic hydroxyl groups is 2. The topological polar surface area (TPSA) is 40.5 Å². The van der Waals surface area contributed by atoms with E-state index in [1.54, 1.807) is 6.92 Å². The summed E-state index contributed by atoms with van der Waals surface area (Å²) in [5, 5.41) is 17.8. The Hall–Kier alpha value is -0.340. The van der Waals surface area contributed by atoms with Gasteiger partial charge < -0.3 is 10.2 Å². The van der Waals surface area contributed by atoms with E-state index in [1.165, 1.54) is 0 Å². The van der Waals surface area contributed by atoms with Crippen LogP contribution in [-0.2, 0) is 0 Å². The van der Waals surface area contributed by atoms with E-state index in [1.807, 2.05) is 6.92 Å². The number of aliphatic hydroxyl groups excluding tert-OH is 2. The van der Waals surface area contributed by atoms with Gasteiger partial charge in [0, 0.05) is 6.61 Å². The van der Waals surface area contributed by atoms with Crippen LogP contribution in [0.15, 0.2) is 12.2 Å². The molecule has 0 aliphatic heterocycles. The van der Waals surface area contributed by atoms with E-state index in [-0.39, 0.29) is 12.5 Å². The second kappa shape index (κ2) is 4.47. The molecule has 0 rings (SSSR count). The van der Waals surface area contributed by atoms with Gasteiger partial charge in [-0.2, -0.15) is 0 Å². The summed E-state index contributed by atoms with van der Waals surface area (Å²) in [4.78, 5) is 0. The van der Waals surface area contributed by atoms with Crippen molar-refractivity contribution in [2.45, 2.75) is 26.4 Å². The van der Waals surface area contributed by atoms with Crippen LogP contribution in [0.5, 0.6) is 0 Å². The third-order valence-electron chi connectivity index (χ3n) is 1.63. The first-order chi connectivity index (χ1) is 4.59. The van der Waals surface area contributed by atoms with Crippen molar-refractivity contribution in [2.24, 2.45) is 5.92 Å². The third kappa shape index (κ3) is 2.99. The Morgan fingerprint density at radius 2 is 2.10 bits per heavy atom. The minimum absolute atomic E-state index is 0.113. The van der Waals surface area contributed by atoms with E-state index in [0.717, 1.165) is 5.57 Å². The summed E-state index contributed by atoms with van der Waals surface area (Å²) in [6.07, 6.45) is 0.167. The maximum absolute atomic E-state index is 9.32. The Labute approximate surface area is 62.2 Å². The lowest BCUT2D eigenvalue weighted by atomic mass is 9.97. The average molecular weight is 144 g/mol. The van der Waals surface area contributed by atoms with Crippen LogP contribution < -0.4 is 0 Å². The lowest BCUT2D eigenvalue weighted by Crippen LogP contribution is -2.19. The molecule has 0 aromatic rings. The van der Waals surface area contributed by atoms with Crippen LogP contribution in [0.3, 0.4) is 0 Å². The molecule has 0 aromatic heterocycles. The molecule has 10 heavy (non-hydrogen) atoms. The Morgan fingerprint density at radius 1 is 1.60 bits per heavy atom. The van der Waals surface area contributed by atoms with Gasteiger partial charge in [-0.3, -0.25) is 0 Å². The van der Waals surface area contributed by atoms with Gasteiger partial charge in [-0.05, 0) is 19.3 Å². The first-order valence-corrected chi connectivity index (χ1v) is 3.54. The molecule has 0 saturated carbocycles. The second-order valence-electron chi connectivity index (χ2n) is 2.78. The number of hydrogen-bond donors (Lipinski definition) is 2. The van der Waals surface area contributed by atoms with E-state index >= 15 is 0 Å². The van der Waals surface area contributed by atoms with Gasteiger partial charge in [0.05, 0.1) is 6.10 Å². The van der Waals surface area contributed by atoms with Crippen LogP contribution >= 0.6 is 0 Å². The summed E-state index contributed by atoms with van der Waals surface area (Å²) in [5.41, 5.74) is 0.765. The van der Waals surface area contributed by atoms with Gasteiger partial charge in [-0.1, -0.05) is 19.1 Å². The molecular weight excluding hydrogens is 128 g/mol. The van der Waals surface area contributed by atoms with Crippen molar-refractivity contribution in [3.05, 3.63) is 12.2 Å². The van der Waals surface area contributed by atoms with Gasteiger partial charge in [0.1, 0.15) is 0 Å². The van der Waals surface area contributed by atoms with Crippen molar-refractivity contribution < 1.29 is 10.2 Å². The largest absolute Gasteiger partial charge is 0.396 e. The zero-order valence-corrected chi connectivity index (χ0v) is 6.67. The van der Waals surface area contributed by atoms with Crippen LogP contribution in [0.25, 0.3) is 0 Å². The van der Waals surface area contributed by atoms with E-state index in [9.17, 15) is 5.11 Å². The zero-order valence-electron chi connectivity index (χ0n) is 6.67. The van der Waals surface area contributed by atoms with Crippen LogP contribution in [0, 0.1) is 5.92 Å². The van der Waals surface area contributed by atoms with Gasteiger partial charge in [0.25, 0.3) is 0 Å². The molecule has 0 fully saturated rings. The van der Waals surface area contributed by atoms with Crippen molar-refractivity contribution in [3.8, 4) is 0 Å². The molecule has 0 aliphatic carbocycles. The second-order valence-corrected chi connectivity index (χ2v) is 2.78. The Bertz CT molecular complexity index is 110. The SMILES string of the molecule is C=C(C)C(O)C(C)CCO. The van der Waals surface area contributed by atoms with E-state index in [2.05, 4.69) is 6.58 Å². The summed E-state index contributed by atoms with van der Waals surface area (Å²) in [6, 6.07) is 0. The Morgan fingerprint density at radius 3 is 2.40 bits per heavy atom. The van der Waals surface area contributed by atoms with Crippen LogP contribution in [0.4, 0.5) is 0 Å². The molecule has 2 N–H and O–H groups in total. The smallest absolute Gasteiger partial charge is 0.0771 e. The molecular formula is C8H16O2. The molecule has 0 bridgehead atoms. The fourth-order valence-corrected chi connectivity index (χ4v) is 0.847. The number of rotatable bonds is 4. The van der Waals surface area contributed by atoms with Gasteiger partial charge in [-0.25, -0.2) is 0 Å². The first kappa shape index (κ1) is 9.66. The van der Waals surface area contributed by atoms with E-state index in [0.29, 0.717) is 6.42 Å². The lowest BCUT2D eigenvalue weighted by Gasteiger charge is -2.17. The van der Waals surface area contributed by atoms with Crippen molar-refractivity contribution in [1.82, 2.24) is 0 Å². The van der Waals surface area contributed by atoms with E-state index in [4.69, 9.17) is 5.11 Å². The van der Waals surface area contributed by atoms with Gasteiger partial charge in [-0.15, -0.1) is 0 Å². The predicted molar refractivity (Wildman–Crippen MR) is 41.7 cm³/mol. The number of hydrogen-bond acceptors (Lipinski definition) is 2. The molecule has 0 heterocycles. The highest BCUT2D eigenvalue weighted by atomic mass is 16.3. The summed E-state index contributed by atoms with van der Waals surface area (Å²) >= 11 is 0. The zero-order chi connectivity index (χ0) is 8.15. The summed E-state index contributed by atoms with van der Waals surface area (Å²) in [5.74, 6) is 0.113. The Kier molecular flexibility index (Phi) is 4.32. The van der Waals surface area contributed by atoms with Gasteiger partial charge in [0.2, 0.25) is 0 Å². The maximum Gasteiger partial charge on any atom is 0.0771 e. The molecule has 0 spiro atoms. The molecule has 2 nitrogen and oxygen atoms in total. The fraction of sp³-hybridized carbons (Fsp3) is 0.750. The molecule has 0 radical (unpaired) electrons. The molecule has 2 heteroatoms. The standard InChI is InChI=1S/C8H16O2/c1-6(2)8(10)7(3)4-5-9/h7-10H,1,4-5H2,2-3H3. The van der Waals surface area contributed by atoms with Gasteiger partial charge >= 0.3 is 0 Å². The summed E-state index contributed by atoms with van der Waals surface area (Å²) in [7, 11) is 0. The normalized spacial score (nSPS) is 16.4. The van der Waals surface area contributed by atoms with Crippen molar-refractivity contribution in [2.75, 3.05) is 6.61 Å². The highest BCUT2D eigenvalue weighted by Crippen LogP contribution is 2.13. The minimum atomic E-state index is -0.466.